The van der Waals surface area contributed by atoms with Crippen LogP contribution >= 0.6 is 0 Å². The molecule has 1 aromatic rings. The van der Waals surface area contributed by atoms with Crippen molar-refractivity contribution in [1.29, 1.82) is 0 Å². The Morgan fingerprint density at radius 1 is 1.50 bits per heavy atom. The van der Waals surface area contributed by atoms with Crippen LogP contribution in [-0.4, -0.2) is 23.9 Å². The molecule has 74 valence electrons. The van der Waals surface area contributed by atoms with E-state index in [0.29, 0.717) is 11.6 Å². The highest BCUT2D eigenvalue weighted by Crippen LogP contribution is 2.28. The summed E-state index contributed by atoms with van der Waals surface area (Å²) in [6, 6.07) is 4.41. The van der Waals surface area contributed by atoms with E-state index in [1.807, 2.05) is 19.2 Å². The first-order chi connectivity index (χ1) is 6.68. The zero-order valence-corrected chi connectivity index (χ0v) is 8.53. The van der Waals surface area contributed by atoms with Crippen molar-refractivity contribution >= 4 is 11.6 Å². The minimum absolute atomic E-state index is 0.0677. The second kappa shape index (κ2) is 3.40. The van der Waals surface area contributed by atoms with E-state index in [4.69, 9.17) is 0 Å². The minimum atomic E-state index is 0.0677. The summed E-state index contributed by atoms with van der Waals surface area (Å²) in [4.78, 5) is 17.5. The third kappa shape index (κ3) is 1.76. The lowest BCUT2D eigenvalue weighted by Crippen LogP contribution is -2.20. The van der Waals surface area contributed by atoms with Crippen LogP contribution in [0.15, 0.2) is 18.3 Å². The molecule has 1 aliphatic rings. The Bertz CT molecular complexity index is 341. The second-order valence-electron chi connectivity index (χ2n) is 3.80. The van der Waals surface area contributed by atoms with Crippen molar-refractivity contribution in [3.63, 3.8) is 0 Å². The van der Waals surface area contributed by atoms with Gasteiger partial charge in [-0.05, 0) is 31.9 Å². The van der Waals surface area contributed by atoms with Crippen LogP contribution < -0.4 is 4.90 Å². The average Bonchev–Trinajstić information content (AvgIpc) is 3.00. The van der Waals surface area contributed by atoms with Gasteiger partial charge in [-0.3, -0.25) is 4.79 Å². The zero-order valence-electron chi connectivity index (χ0n) is 8.53. The second-order valence-corrected chi connectivity index (χ2v) is 3.80. The van der Waals surface area contributed by atoms with Crippen LogP contribution in [-0.2, 0) is 0 Å². The number of aromatic nitrogens is 1. The van der Waals surface area contributed by atoms with E-state index in [-0.39, 0.29) is 5.78 Å². The van der Waals surface area contributed by atoms with Crippen LogP contribution in [0.25, 0.3) is 0 Å². The number of nitrogens with zero attached hydrogens (tertiary/aromatic N) is 2. The van der Waals surface area contributed by atoms with Crippen LogP contribution in [0.3, 0.4) is 0 Å². The largest absolute Gasteiger partial charge is 0.357 e. The van der Waals surface area contributed by atoms with Gasteiger partial charge < -0.3 is 4.90 Å². The van der Waals surface area contributed by atoms with Gasteiger partial charge in [0.05, 0.1) is 0 Å². The molecule has 14 heavy (non-hydrogen) atoms. The Morgan fingerprint density at radius 2 is 2.21 bits per heavy atom. The molecular formula is C11H14N2O. The van der Waals surface area contributed by atoms with Crippen molar-refractivity contribution < 1.29 is 4.79 Å². The van der Waals surface area contributed by atoms with Gasteiger partial charge in [0.25, 0.3) is 0 Å². The molecule has 0 atom stereocenters. The fourth-order valence-electron chi connectivity index (χ4n) is 1.45. The molecular weight excluding hydrogens is 176 g/mol. The Balaban J connectivity index is 2.16. The van der Waals surface area contributed by atoms with E-state index in [1.54, 1.807) is 13.1 Å². The maximum absolute atomic E-state index is 11.0. The van der Waals surface area contributed by atoms with Crippen molar-refractivity contribution in [1.82, 2.24) is 4.98 Å². The molecule has 0 unspecified atom stereocenters. The number of Topliss-reactive ketones (excluding diaryl/α,β-unsaturated/α-hetero) is 1. The standard InChI is InChI=1S/C11H14N2O/c1-8(14)9-3-6-11(12-7-9)13(2)10-4-5-10/h3,6-7,10H,4-5H2,1-2H3. The molecule has 0 aromatic carbocycles. The van der Waals surface area contributed by atoms with E-state index in [0.717, 1.165) is 5.82 Å². The van der Waals surface area contributed by atoms with Gasteiger partial charge in [0.2, 0.25) is 0 Å². The molecule has 3 heteroatoms. The highest BCUT2D eigenvalue weighted by atomic mass is 16.1. The highest BCUT2D eigenvalue weighted by Gasteiger charge is 2.26. The van der Waals surface area contributed by atoms with Gasteiger partial charge in [-0.2, -0.15) is 0 Å². The van der Waals surface area contributed by atoms with Gasteiger partial charge in [-0.25, -0.2) is 4.98 Å². The smallest absolute Gasteiger partial charge is 0.161 e. The average molecular weight is 190 g/mol. The summed E-state index contributed by atoms with van der Waals surface area (Å²) in [6.45, 7) is 1.56. The van der Waals surface area contributed by atoms with Gasteiger partial charge in [0, 0.05) is 24.8 Å². The Labute approximate surface area is 83.8 Å². The number of carbonyl (C=O) groups is 1. The molecule has 1 aliphatic carbocycles. The van der Waals surface area contributed by atoms with E-state index >= 15 is 0 Å². The summed E-state index contributed by atoms with van der Waals surface area (Å²) in [7, 11) is 2.05. The zero-order chi connectivity index (χ0) is 10.1. The molecule has 0 aliphatic heterocycles. The molecule has 0 N–H and O–H groups in total. The highest BCUT2D eigenvalue weighted by molar-refractivity contribution is 5.93. The van der Waals surface area contributed by atoms with Gasteiger partial charge in [-0.15, -0.1) is 0 Å². The Morgan fingerprint density at radius 3 is 2.64 bits per heavy atom. The molecule has 1 fully saturated rings. The normalized spacial score (nSPS) is 15.3. The van der Waals surface area contributed by atoms with Crippen LogP contribution in [0.2, 0.25) is 0 Å². The van der Waals surface area contributed by atoms with E-state index in [2.05, 4.69) is 9.88 Å². The molecule has 2 rings (SSSR count). The maximum Gasteiger partial charge on any atom is 0.161 e. The molecule has 1 saturated carbocycles. The third-order valence-corrected chi connectivity index (χ3v) is 2.61. The summed E-state index contributed by atoms with van der Waals surface area (Å²) in [5, 5.41) is 0. The van der Waals surface area contributed by atoms with Crippen LogP contribution in [0, 0.1) is 0 Å². The summed E-state index contributed by atoms with van der Waals surface area (Å²) < 4.78 is 0. The summed E-state index contributed by atoms with van der Waals surface area (Å²) in [5.41, 5.74) is 0.679. The fourth-order valence-corrected chi connectivity index (χ4v) is 1.45. The van der Waals surface area contributed by atoms with Crippen molar-refractivity contribution in [2.45, 2.75) is 25.8 Å². The van der Waals surface area contributed by atoms with E-state index < -0.39 is 0 Å². The van der Waals surface area contributed by atoms with Gasteiger partial charge >= 0.3 is 0 Å². The van der Waals surface area contributed by atoms with E-state index in [9.17, 15) is 4.79 Å². The number of anilines is 1. The van der Waals surface area contributed by atoms with E-state index in [1.165, 1.54) is 12.8 Å². The van der Waals surface area contributed by atoms with Gasteiger partial charge in [0.15, 0.2) is 5.78 Å². The van der Waals surface area contributed by atoms with Gasteiger partial charge in [0.1, 0.15) is 5.82 Å². The van der Waals surface area contributed by atoms with Crippen molar-refractivity contribution in [2.24, 2.45) is 0 Å². The number of hydrogen-bond donors (Lipinski definition) is 0. The quantitative estimate of drug-likeness (QED) is 0.682. The van der Waals surface area contributed by atoms with Crippen LogP contribution in [0.5, 0.6) is 0 Å². The molecule has 1 aromatic heterocycles. The molecule has 0 saturated heterocycles. The first-order valence-corrected chi connectivity index (χ1v) is 4.88. The number of rotatable bonds is 3. The summed E-state index contributed by atoms with van der Waals surface area (Å²) >= 11 is 0. The van der Waals surface area contributed by atoms with Crippen LogP contribution in [0.1, 0.15) is 30.1 Å². The topological polar surface area (TPSA) is 33.2 Å². The van der Waals surface area contributed by atoms with Crippen molar-refractivity contribution in [3.05, 3.63) is 23.9 Å². The lowest BCUT2D eigenvalue weighted by molar-refractivity contribution is 0.101. The van der Waals surface area contributed by atoms with Gasteiger partial charge in [-0.1, -0.05) is 0 Å². The Hall–Kier alpha value is -1.38. The third-order valence-electron chi connectivity index (χ3n) is 2.61. The summed E-state index contributed by atoms with van der Waals surface area (Å²) in [5.74, 6) is 1.02. The lowest BCUT2D eigenvalue weighted by atomic mass is 10.2. The number of hydrogen-bond acceptors (Lipinski definition) is 3. The SMILES string of the molecule is CC(=O)c1ccc(N(C)C2CC2)nc1. The van der Waals surface area contributed by atoms with Crippen LogP contribution in [0.4, 0.5) is 5.82 Å². The van der Waals surface area contributed by atoms with Crippen molar-refractivity contribution in [2.75, 3.05) is 11.9 Å². The lowest BCUT2D eigenvalue weighted by Gasteiger charge is -2.16. The molecule has 3 nitrogen and oxygen atoms in total. The number of carbonyl (C=O) groups excluding carboxylic acids is 1. The predicted molar refractivity (Wildman–Crippen MR) is 55.7 cm³/mol. The minimum Gasteiger partial charge on any atom is -0.357 e. The molecule has 0 spiro atoms. The first kappa shape index (κ1) is 9.19. The monoisotopic (exact) mass is 190 g/mol. The number of ketones is 1. The first-order valence-electron chi connectivity index (χ1n) is 4.88. The number of pyridine rings is 1. The molecule has 0 amide bonds. The fraction of sp³-hybridized carbons (Fsp3) is 0.455. The summed E-state index contributed by atoms with van der Waals surface area (Å²) in [6.07, 6.45) is 4.16. The molecule has 1 heterocycles. The molecule has 0 bridgehead atoms. The maximum atomic E-state index is 11.0. The van der Waals surface area contributed by atoms with Crippen molar-refractivity contribution in [3.8, 4) is 0 Å². The Kier molecular flexibility index (Phi) is 2.23. The molecule has 0 radical (unpaired) electrons. The predicted octanol–water partition coefficient (Wildman–Crippen LogP) is 1.88.